The van der Waals surface area contributed by atoms with Gasteiger partial charge in [-0.25, -0.2) is 0 Å². The zero-order valence-corrected chi connectivity index (χ0v) is 15.3. The third-order valence-electron chi connectivity index (χ3n) is 3.66. The van der Waals surface area contributed by atoms with Crippen LogP contribution < -0.4 is 14.8 Å². The van der Waals surface area contributed by atoms with E-state index in [1.54, 1.807) is 26.4 Å². The molecule has 0 aromatic heterocycles. The first-order chi connectivity index (χ1) is 11.5. The van der Waals surface area contributed by atoms with Crippen LogP contribution in [0.1, 0.15) is 17.5 Å². The summed E-state index contributed by atoms with van der Waals surface area (Å²) in [6.45, 7) is 1.89. The topological polar surface area (TPSA) is 47.6 Å². The number of amides is 1. The van der Waals surface area contributed by atoms with Crippen molar-refractivity contribution in [2.75, 3.05) is 19.5 Å². The van der Waals surface area contributed by atoms with E-state index in [1.807, 2.05) is 25.1 Å². The second kappa shape index (κ2) is 8.27. The van der Waals surface area contributed by atoms with Gasteiger partial charge in [0, 0.05) is 18.2 Å². The Labute approximate surface area is 151 Å². The van der Waals surface area contributed by atoms with Crippen LogP contribution >= 0.6 is 23.2 Å². The second-order valence-corrected chi connectivity index (χ2v) is 6.07. The molecule has 128 valence electrons. The normalized spacial score (nSPS) is 10.4. The lowest BCUT2D eigenvalue weighted by Gasteiger charge is -2.14. The minimum atomic E-state index is -0.110. The van der Waals surface area contributed by atoms with Crippen molar-refractivity contribution >= 4 is 34.8 Å². The molecule has 24 heavy (non-hydrogen) atoms. The van der Waals surface area contributed by atoms with Crippen LogP contribution in [0.15, 0.2) is 30.3 Å². The van der Waals surface area contributed by atoms with Gasteiger partial charge in [0.15, 0.2) is 11.5 Å². The van der Waals surface area contributed by atoms with E-state index in [2.05, 4.69) is 5.32 Å². The van der Waals surface area contributed by atoms with E-state index in [-0.39, 0.29) is 5.91 Å². The molecule has 0 fully saturated rings. The molecule has 2 rings (SSSR count). The van der Waals surface area contributed by atoms with Crippen molar-refractivity contribution in [2.45, 2.75) is 19.8 Å². The maximum atomic E-state index is 12.2. The number of anilines is 1. The number of hydrogen-bond donors (Lipinski definition) is 1. The highest BCUT2D eigenvalue weighted by molar-refractivity contribution is 6.42. The first-order valence-electron chi connectivity index (χ1n) is 7.41. The third kappa shape index (κ3) is 4.34. The summed E-state index contributed by atoms with van der Waals surface area (Å²) in [5.74, 6) is 1.08. The highest BCUT2D eigenvalue weighted by atomic mass is 35.5. The fraction of sp³-hybridized carbons (Fsp3) is 0.278. The number of methoxy groups -OCH3 is 2. The van der Waals surface area contributed by atoms with E-state index in [4.69, 9.17) is 32.7 Å². The molecule has 4 nitrogen and oxygen atoms in total. The first-order valence-corrected chi connectivity index (χ1v) is 8.17. The SMILES string of the molecule is COc1cc(C)c(NC(=O)CCc2cccc(Cl)c2Cl)cc1OC. The number of rotatable bonds is 6. The number of nitrogens with one attached hydrogen (secondary N) is 1. The van der Waals surface area contributed by atoms with Crippen LogP contribution in [0.3, 0.4) is 0 Å². The standard InChI is InChI=1S/C18H19Cl2NO3/c1-11-9-15(23-2)16(24-3)10-14(11)21-17(22)8-7-12-5-4-6-13(19)18(12)20/h4-6,9-10H,7-8H2,1-3H3,(H,21,22). The van der Waals surface area contributed by atoms with Gasteiger partial charge in [0.05, 0.1) is 24.3 Å². The highest BCUT2D eigenvalue weighted by Crippen LogP contribution is 2.33. The maximum absolute atomic E-state index is 12.2. The number of carbonyl (C=O) groups is 1. The van der Waals surface area contributed by atoms with E-state index < -0.39 is 0 Å². The van der Waals surface area contributed by atoms with Crippen molar-refractivity contribution in [2.24, 2.45) is 0 Å². The Hall–Kier alpha value is -1.91. The number of hydrogen-bond acceptors (Lipinski definition) is 3. The van der Waals surface area contributed by atoms with Gasteiger partial charge in [-0.1, -0.05) is 35.3 Å². The van der Waals surface area contributed by atoms with E-state index in [1.165, 1.54) is 0 Å². The first kappa shape index (κ1) is 18.4. The van der Waals surface area contributed by atoms with E-state index in [0.717, 1.165) is 11.1 Å². The summed E-state index contributed by atoms with van der Waals surface area (Å²) >= 11 is 12.1. The van der Waals surface area contributed by atoms with Crippen LogP contribution in [0.4, 0.5) is 5.69 Å². The molecule has 1 amide bonds. The van der Waals surface area contributed by atoms with Gasteiger partial charge in [0.25, 0.3) is 0 Å². The van der Waals surface area contributed by atoms with Gasteiger partial charge < -0.3 is 14.8 Å². The van der Waals surface area contributed by atoms with Crippen molar-refractivity contribution < 1.29 is 14.3 Å². The van der Waals surface area contributed by atoms with Crippen LogP contribution in [-0.4, -0.2) is 20.1 Å². The summed E-state index contributed by atoms with van der Waals surface area (Å²) in [7, 11) is 3.13. The summed E-state index contributed by atoms with van der Waals surface area (Å²) in [4.78, 5) is 12.2. The Morgan fingerprint density at radius 1 is 1.12 bits per heavy atom. The van der Waals surface area contributed by atoms with Crippen molar-refractivity contribution in [1.82, 2.24) is 0 Å². The molecular weight excluding hydrogens is 349 g/mol. The summed E-state index contributed by atoms with van der Waals surface area (Å²) in [5.41, 5.74) is 2.43. The Morgan fingerprint density at radius 2 is 1.79 bits per heavy atom. The van der Waals surface area contributed by atoms with Gasteiger partial charge in [-0.2, -0.15) is 0 Å². The van der Waals surface area contributed by atoms with Crippen LogP contribution in [0.25, 0.3) is 0 Å². The molecule has 0 saturated heterocycles. The Kier molecular flexibility index (Phi) is 6.35. The van der Waals surface area contributed by atoms with Crippen LogP contribution in [0, 0.1) is 6.92 Å². The van der Waals surface area contributed by atoms with Crippen molar-refractivity contribution in [3.63, 3.8) is 0 Å². The fourth-order valence-electron chi connectivity index (χ4n) is 2.32. The van der Waals surface area contributed by atoms with Gasteiger partial charge in [0.1, 0.15) is 0 Å². The molecule has 0 radical (unpaired) electrons. The molecule has 0 spiro atoms. The molecule has 0 saturated carbocycles. The number of halogens is 2. The van der Waals surface area contributed by atoms with Gasteiger partial charge in [-0.3, -0.25) is 4.79 Å². The van der Waals surface area contributed by atoms with E-state index in [0.29, 0.717) is 40.1 Å². The molecular formula is C18H19Cl2NO3. The summed E-state index contributed by atoms with van der Waals surface area (Å²) < 4.78 is 10.5. The molecule has 0 bridgehead atoms. The largest absolute Gasteiger partial charge is 0.493 e. The van der Waals surface area contributed by atoms with E-state index in [9.17, 15) is 4.79 Å². The van der Waals surface area contributed by atoms with E-state index >= 15 is 0 Å². The molecule has 0 aliphatic carbocycles. The zero-order chi connectivity index (χ0) is 17.7. The molecule has 2 aromatic rings. The third-order valence-corrected chi connectivity index (χ3v) is 4.52. The van der Waals surface area contributed by atoms with Gasteiger partial charge in [-0.15, -0.1) is 0 Å². The second-order valence-electron chi connectivity index (χ2n) is 5.28. The molecule has 6 heteroatoms. The summed E-state index contributed by atoms with van der Waals surface area (Å²) in [5, 5.41) is 3.88. The number of aryl methyl sites for hydroxylation is 2. The lowest BCUT2D eigenvalue weighted by molar-refractivity contribution is -0.116. The Morgan fingerprint density at radius 3 is 2.46 bits per heavy atom. The summed E-state index contributed by atoms with van der Waals surface area (Å²) in [6, 6.07) is 8.98. The molecule has 0 unspecified atom stereocenters. The van der Waals surface area contributed by atoms with Crippen molar-refractivity contribution in [1.29, 1.82) is 0 Å². The molecule has 0 aliphatic heterocycles. The minimum Gasteiger partial charge on any atom is -0.493 e. The Balaban J connectivity index is 2.06. The van der Waals surface area contributed by atoms with Crippen molar-refractivity contribution in [3.8, 4) is 11.5 Å². The predicted octanol–water partition coefficient (Wildman–Crippen LogP) is 4.89. The Bertz CT molecular complexity index is 747. The lowest BCUT2D eigenvalue weighted by atomic mass is 10.1. The molecule has 0 atom stereocenters. The van der Waals surface area contributed by atoms with Gasteiger partial charge in [-0.05, 0) is 36.6 Å². The lowest BCUT2D eigenvalue weighted by Crippen LogP contribution is -2.13. The molecule has 1 N–H and O–H groups in total. The monoisotopic (exact) mass is 367 g/mol. The number of benzene rings is 2. The fourth-order valence-corrected chi connectivity index (χ4v) is 2.73. The summed E-state index contributed by atoms with van der Waals surface area (Å²) in [6.07, 6.45) is 0.811. The smallest absolute Gasteiger partial charge is 0.224 e. The average Bonchev–Trinajstić information content (AvgIpc) is 2.57. The maximum Gasteiger partial charge on any atom is 0.224 e. The predicted molar refractivity (Wildman–Crippen MR) is 97.7 cm³/mol. The molecule has 0 aliphatic rings. The number of ether oxygens (including phenoxy) is 2. The average molecular weight is 368 g/mol. The molecule has 0 heterocycles. The number of carbonyl (C=O) groups excluding carboxylic acids is 1. The zero-order valence-electron chi connectivity index (χ0n) is 13.8. The minimum absolute atomic E-state index is 0.110. The van der Waals surface area contributed by atoms with Crippen LogP contribution in [0.2, 0.25) is 10.0 Å². The molecule has 2 aromatic carbocycles. The van der Waals surface area contributed by atoms with Crippen molar-refractivity contribution in [3.05, 3.63) is 51.5 Å². The quantitative estimate of drug-likeness (QED) is 0.790. The van der Waals surface area contributed by atoms with Crippen LogP contribution in [-0.2, 0) is 11.2 Å². The van der Waals surface area contributed by atoms with Crippen LogP contribution in [0.5, 0.6) is 11.5 Å². The van der Waals surface area contributed by atoms with Gasteiger partial charge in [0.2, 0.25) is 5.91 Å². The van der Waals surface area contributed by atoms with Gasteiger partial charge >= 0.3 is 0 Å². The highest BCUT2D eigenvalue weighted by Gasteiger charge is 2.12.